The Morgan fingerprint density at radius 2 is 1.84 bits per heavy atom. The lowest BCUT2D eigenvalue weighted by Gasteiger charge is -2.36. The van der Waals surface area contributed by atoms with E-state index in [0.29, 0.717) is 6.54 Å². The van der Waals surface area contributed by atoms with Crippen LogP contribution in [0, 0.1) is 16.7 Å². The zero-order valence-corrected chi connectivity index (χ0v) is 12.5. The van der Waals surface area contributed by atoms with Gasteiger partial charge in [-0.1, -0.05) is 39.5 Å². The maximum Gasteiger partial charge on any atom is 0.223 e. The number of hydrogen-bond acceptors (Lipinski definition) is 2. The van der Waals surface area contributed by atoms with E-state index in [0.717, 1.165) is 32.1 Å². The quantitative estimate of drug-likeness (QED) is 0.823. The molecule has 1 atom stereocenters. The van der Waals surface area contributed by atoms with Crippen molar-refractivity contribution in [1.29, 1.82) is 0 Å². The van der Waals surface area contributed by atoms with Gasteiger partial charge in [0, 0.05) is 17.9 Å². The summed E-state index contributed by atoms with van der Waals surface area (Å²) in [6.07, 6.45) is 9.08. The summed E-state index contributed by atoms with van der Waals surface area (Å²) in [4.78, 5) is 12.4. The molecule has 2 fully saturated rings. The Balaban J connectivity index is 1.89. The molecule has 0 aromatic heterocycles. The van der Waals surface area contributed by atoms with Gasteiger partial charge in [0.2, 0.25) is 5.91 Å². The van der Waals surface area contributed by atoms with E-state index in [9.17, 15) is 9.90 Å². The van der Waals surface area contributed by atoms with Crippen LogP contribution in [0.4, 0.5) is 0 Å². The Bertz CT molecular complexity index is 319. The first-order chi connectivity index (χ1) is 8.99. The first-order valence-corrected chi connectivity index (χ1v) is 7.88. The Morgan fingerprint density at radius 1 is 1.16 bits per heavy atom. The molecule has 0 heterocycles. The van der Waals surface area contributed by atoms with Gasteiger partial charge in [-0.2, -0.15) is 0 Å². The molecule has 2 N–H and O–H groups in total. The van der Waals surface area contributed by atoms with Gasteiger partial charge in [-0.25, -0.2) is 0 Å². The second-order valence-corrected chi connectivity index (χ2v) is 7.37. The van der Waals surface area contributed by atoms with Crippen LogP contribution in [-0.4, -0.2) is 24.2 Å². The van der Waals surface area contributed by atoms with Gasteiger partial charge in [0.15, 0.2) is 0 Å². The molecule has 3 heteroatoms. The fraction of sp³-hybridized carbons (Fsp3) is 0.938. The third-order valence-corrected chi connectivity index (χ3v) is 5.46. The van der Waals surface area contributed by atoms with Crippen LogP contribution in [-0.2, 0) is 4.79 Å². The largest absolute Gasteiger partial charge is 0.396 e. The number of aliphatic hydroxyl groups excluding tert-OH is 1. The van der Waals surface area contributed by atoms with Crippen LogP contribution in [0.1, 0.15) is 65.2 Å². The molecule has 110 valence electrons. The average molecular weight is 267 g/mol. The SMILES string of the molecule is CC1(C)CCCC1C(=O)NCC1(CO)CCCCC1. The summed E-state index contributed by atoms with van der Waals surface area (Å²) in [6.45, 7) is 5.27. The maximum absolute atomic E-state index is 12.4. The molecule has 0 radical (unpaired) electrons. The molecule has 0 saturated heterocycles. The average Bonchev–Trinajstić information content (AvgIpc) is 2.77. The lowest BCUT2D eigenvalue weighted by molar-refractivity contribution is -0.128. The lowest BCUT2D eigenvalue weighted by Crippen LogP contribution is -2.44. The fourth-order valence-corrected chi connectivity index (χ4v) is 3.90. The highest BCUT2D eigenvalue weighted by Gasteiger charge is 2.40. The first-order valence-electron chi connectivity index (χ1n) is 7.88. The van der Waals surface area contributed by atoms with E-state index in [1.165, 1.54) is 19.3 Å². The van der Waals surface area contributed by atoms with Gasteiger partial charge < -0.3 is 10.4 Å². The van der Waals surface area contributed by atoms with Crippen LogP contribution in [0.25, 0.3) is 0 Å². The summed E-state index contributed by atoms with van der Waals surface area (Å²) in [6, 6.07) is 0. The van der Waals surface area contributed by atoms with Crippen LogP contribution >= 0.6 is 0 Å². The van der Waals surface area contributed by atoms with Crippen molar-refractivity contribution in [3.05, 3.63) is 0 Å². The highest BCUT2D eigenvalue weighted by molar-refractivity contribution is 5.79. The summed E-state index contributed by atoms with van der Waals surface area (Å²) in [5, 5.41) is 12.8. The molecule has 1 amide bonds. The normalized spacial score (nSPS) is 29.1. The standard InChI is InChI=1S/C16H29NO2/c1-15(2)8-6-7-13(15)14(19)17-11-16(12-18)9-4-3-5-10-16/h13,18H,3-12H2,1-2H3,(H,17,19). The number of carbonyl (C=O) groups is 1. The predicted octanol–water partition coefficient (Wildman–Crippen LogP) is 2.87. The molecule has 0 aliphatic heterocycles. The van der Waals surface area contributed by atoms with Gasteiger partial charge in [0.05, 0.1) is 6.61 Å². The summed E-state index contributed by atoms with van der Waals surface area (Å²) in [5.41, 5.74) is 0.0969. The molecule has 0 aromatic rings. The summed E-state index contributed by atoms with van der Waals surface area (Å²) in [7, 11) is 0. The van der Waals surface area contributed by atoms with Crippen molar-refractivity contribution in [1.82, 2.24) is 5.32 Å². The minimum Gasteiger partial charge on any atom is -0.396 e. The lowest BCUT2D eigenvalue weighted by atomic mass is 9.74. The molecule has 19 heavy (non-hydrogen) atoms. The van der Waals surface area contributed by atoms with Crippen LogP contribution in [0.15, 0.2) is 0 Å². The van der Waals surface area contributed by atoms with Gasteiger partial charge in [0.25, 0.3) is 0 Å². The summed E-state index contributed by atoms with van der Waals surface area (Å²) >= 11 is 0. The number of nitrogens with one attached hydrogen (secondary N) is 1. The van der Waals surface area contributed by atoms with E-state index in [2.05, 4.69) is 19.2 Å². The monoisotopic (exact) mass is 267 g/mol. The van der Waals surface area contributed by atoms with Crippen molar-refractivity contribution in [2.45, 2.75) is 65.2 Å². The van der Waals surface area contributed by atoms with Crippen molar-refractivity contribution in [2.75, 3.05) is 13.2 Å². The van der Waals surface area contributed by atoms with Gasteiger partial charge in [-0.3, -0.25) is 4.79 Å². The molecule has 2 saturated carbocycles. The van der Waals surface area contributed by atoms with Gasteiger partial charge in [0.1, 0.15) is 0 Å². The summed E-state index contributed by atoms with van der Waals surface area (Å²) < 4.78 is 0. The van der Waals surface area contributed by atoms with Gasteiger partial charge in [-0.05, 0) is 31.1 Å². The second kappa shape index (κ2) is 5.82. The van der Waals surface area contributed by atoms with E-state index in [1.54, 1.807) is 0 Å². The zero-order valence-electron chi connectivity index (χ0n) is 12.5. The van der Waals surface area contributed by atoms with E-state index in [1.807, 2.05) is 0 Å². The third kappa shape index (κ3) is 3.31. The predicted molar refractivity (Wildman–Crippen MR) is 76.7 cm³/mol. The minimum absolute atomic E-state index is 0.0450. The van der Waals surface area contributed by atoms with Crippen LogP contribution in [0.5, 0.6) is 0 Å². The van der Waals surface area contributed by atoms with E-state index >= 15 is 0 Å². The number of carbonyl (C=O) groups excluding carboxylic acids is 1. The van der Waals surface area contributed by atoms with Crippen LogP contribution in [0.3, 0.4) is 0 Å². The molecule has 1 unspecified atom stereocenters. The first kappa shape index (κ1) is 14.8. The fourth-order valence-electron chi connectivity index (χ4n) is 3.90. The van der Waals surface area contributed by atoms with Crippen molar-refractivity contribution < 1.29 is 9.90 Å². The van der Waals surface area contributed by atoms with Gasteiger partial charge >= 0.3 is 0 Å². The molecule has 3 nitrogen and oxygen atoms in total. The molecule has 0 aromatic carbocycles. The summed E-state index contributed by atoms with van der Waals surface area (Å²) in [5.74, 6) is 0.368. The number of rotatable bonds is 4. The van der Waals surface area contributed by atoms with Crippen molar-refractivity contribution >= 4 is 5.91 Å². The number of amides is 1. The molecular weight excluding hydrogens is 238 g/mol. The highest BCUT2D eigenvalue weighted by atomic mass is 16.3. The molecular formula is C16H29NO2. The Morgan fingerprint density at radius 3 is 2.37 bits per heavy atom. The topological polar surface area (TPSA) is 49.3 Å². The van der Waals surface area contributed by atoms with Crippen LogP contribution in [0.2, 0.25) is 0 Å². The Hall–Kier alpha value is -0.570. The smallest absolute Gasteiger partial charge is 0.223 e. The zero-order chi connectivity index (χ0) is 13.9. The molecule has 2 rings (SSSR count). The minimum atomic E-state index is -0.0450. The van der Waals surface area contributed by atoms with E-state index in [4.69, 9.17) is 0 Å². The van der Waals surface area contributed by atoms with Crippen molar-refractivity contribution in [3.8, 4) is 0 Å². The maximum atomic E-state index is 12.4. The second-order valence-electron chi connectivity index (χ2n) is 7.37. The van der Waals surface area contributed by atoms with Crippen LogP contribution < -0.4 is 5.32 Å². The molecule has 2 aliphatic rings. The third-order valence-electron chi connectivity index (χ3n) is 5.46. The van der Waals surface area contributed by atoms with Crippen molar-refractivity contribution in [3.63, 3.8) is 0 Å². The molecule has 0 spiro atoms. The number of hydrogen-bond donors (Lipinski definition) is 2. The van der Waals surface area contributed by atoms with E-state index in [-0.39, 0.29) is 29.3 Å². The highest BCUT2D eigenvalue weighted by Crippen LogP contribution is 2.43. The Labute approximate surface area is 117 Å². The molecule has 2 aliphatic carbocycles. The molecule has 0 bridgehead atoms. The van der Waals surface area contributed by atoms with E-state index < -0.39 is 0 Å². The number of aliphatic hydroxyl groups is 1. The Kier molecular flexibility index (Phi) is 4.54. The van der Waals surface area contributed by atoms with Crippen molar-refractivity contribution in [2.24, 2.45) is 16.7 Å². The van der Waals surface area contributed by atoms with Gasteiger partial charge in [-0.15, -0.1) is 0 Å².